The van der Waals surface area contributed by atoms with E-state index in [-0.39, 0.29) is 53.6 Å². The average molecular weight is 703 g/mol. The number of carbonyl (C=O) groups excluding carboxylic acids is 2. The monoisotopic (exact) mass is 702 g/mol. The molecule has 6 rings (SSSR count). The lowest BCUT2D eigenvalue weighted by atomic mass is 9.47. The van der Waals surface area contributed by atoms with Gasteiger partial charge in [0, 0.05) is 42.8 Å². The van der Waals surface area contributed by atoms with Gasteiger partial charge in [-0.1, -0.05) is 96.5 Å². The molecule has 1 heterocycles. The number of esters is 1. The van der Waals surface area contributed by atoms with E-state index in [0.717, 1.165) is 37.7 Å². The van der Waals surface area contributed by atoms with E-state index < -0.39 is 5.97 Å². The van der Waals surface area contributed by atoms with Crippen molar-refractivity contribution < 1.29 is 24.2 Å². The number of carboxylic acid groups (broad SMARTS) is 1. The quantitative estimate of drug-likeness (QED) is 0.0960. The molecule has 1 N–H and O–H groups in total. The fourth-order valence-electron chi connectivity index (χ4n) is 9.42. The molecule has 7 atom stereocenters. The molecular formula is C40H50N2O5S2. The van der Waals surface area contributed by atoms with Crippen molar-refractivity contribution >= 4 is 45.0 Å². The Labute approximate surface area is 299 Å². The third-order valence-corrected chi connectivity index (χ3v) is 14.8. The summed E-state index contributed by atoms with van der Waals surface area (Å²) in [6.45, 7) is 6.96. The van der Waals surface area contributed by atoms with E-state index in [1.807, 2.05) is 49.6 Å². The van der Waals surface area contributed by atoms with Gasteiger partial charge in [-0.05, 0) is 89.9 Å². The summed E-state index contributed by atoms with van der Waals surface area (Å²) in [7, 11) is 3.13. The molecule has 4 aliphatic rings. The molecule has 0 saturated heterocycles. The van der Waals surface area contributed by atoms with Gasteiger partial charge in [-0.25, -0.2) is 0 Å². The standard InChI is InChI=1S/C40H50N2O5S2/c1-27(49-48-21-17-36(43)42(26-37(44)45)25-28-8-5-4-6-9-28)22-38(46)47-31-15-18-39(2)30(23-31)11-12-32-34-14-13-33(29-10-7-20-41-24-29)40(34,3)19-16-35(32)39/h4-11,13,20,24,27,31-32,34-35H,12,14-19,21-23,25-26H2,1-3H3,(H,44,45)/t27-,31+,32+,34+,35+,39+,40-/m1/s1. The molecule has 9 heteroatoms. The number of allylic oxidation sites excluding steroid dienone is 3. The summed E-state index contributed by atoms with van der Waals surface area (Å²) in [5.74, 6) is 1.22. The van der Waals surface area contributed by atoms with Crippen LogP contribution < -0.4 is 0 Å². The topological polar surface area (TPSA) is 96.8 Å². The SMILES string of the molecule is C[C@H](CC(=O)O[C@H]1CC[C@@]2(C)C(=CC[C@@H]3[C@@H]2CC[C@]2(C)C(c4cccnc4)=CC[C@@H]32)C1)SSCCC(=O)N(CC(=O)O)Cc1ccccc1. The summed E-state index contributed by atoms with van der Waals surface area (Å²) in [5.41, 5.74) is 5.59. The minimum atomic E-state index is -1.02. The van der Waals surface area contributed by atoms with Crippen molar-refractivity contribution in [2.45, 2.75) is 96.5 Å². The molecule has 2 saturated carbocycles. The lowest BCUT2D eigenvalue weighted by Gasteiger charge is -2.57. The van der Waals surface area contributed by atoms with Gasteiger partial charge < -0.3 is 14.7 Å². The van der Waals surface area contributed by atoms with Crippen LogP contribution in [0.1, 0.15) is 89.7 Å². The van der Waals surface area contributed by atoms with Crippen LogP contribution in [0.3, 0.4) is 0 Å². The molecular weight excluding hydrogens is 653 g/mol. The van der Waals surface area contributed by atoms with E-state index in [1.165, 1.54) is 34.5 Å². The predicted octanol–water partition coefficient (Wildman–Crippen LogP) is 8.61. The number of fused-ring (bicyclic) bond motifs is 5. The zero-order chi connectivity index (χ0) is 34.6. The Morgan fingerprint density at radius 3 is 2.57 bits per heavy atom. The summed E-state index contributed by atoms with van der Waals surface area (Å²) < 4.78 is 6.08. The second-order valence-electron chi connectivity index (χ2n) is 15.0. The van der Waals surface area contributed by atoms with E-state index in [0.29, 0.717) is 29.9 Å². The molecule has 49 heavy (non-hydrogen) atoms. The minimum absolute atomic E-state index is 0.0451. The van der Waals surface area contributed by atoms with Crippen LogP contribution in [0.15, 0.2) is 72.6 Å². The molecule has 262 valence electrons. The number of amides is 1. The number of ether oxygens (including phenoxy) is 1. The number of carboxylic acids is 1. The van der Waals surface area contributed by atoms with Crippen molar-refractivity contribution in [3.8, 4) is 0 Å². The van der Waals surface area contributed by atoms with Gasteiger partial charge in [0.25, 0.3) is 0 Å². The number of hydrogen-bond donors (Lipinski definition) is 1. The largest absolute Gasteiger partial charge is 0.480 e. The van der Waals surface area contributed by atoms with Crippen LogP contribution in [-0.4, -0.2) is 56.5 Å². The highest BCUT2D eigenvalue weighted by atomic mass is 33.1. The zero-order valence-corrected chi connectivity index (χ0v) is 30.6. The third kappa shape index (κ3) is 7.98. The van der Waals surface area contributed by atoms with Crippen molar-refractivity contribution in [2.24, 2.45) is 28.6 Å². The van der Waals surface area contributed by atoms with E-state index in [2.05, 4.69) is 43.1 Å². The van der Waals surface area contributed by atoms with Gasteiger partial charge in [-0.3, -0.25) is 19.4 Å². The second kappa shape index (κ2) is 15.5. The average Bonchev–Trinajstić information content (AvgIpc) is 3.44. The molecule has 1 aromatic carbocycles. The fourth-order valence-corrected chi connectivity index (χ4v) is 11.6. The van der Waals surface area contributed by atoms with Gasteiger partial charge in [0.05, 0.1) is 6.42 Å². The third-order valence-electron chi connectivity index (χ3n) is 11.9. The van der Waals surface area contributed by atoms with E-state index in [1.54, 1.807) is 21.6 Å². The predicted molar refractivity (Wildman–Crippen MR) is 197 cm³/mol. The Bertz CT molecular complexity index is 1560. The van der Waals surface area contributed by atoms with Crippen molar-refractivity contribution in [3.63, 3.8) is 0 Å². The molecule has 2 aromatic rings. The molecule has 0 spiro atoms. The maximum Gasteiger partial charge on any atom is 0.323 e. The lowest BCUT2D eigenvalue weighted by Crippen LogP contribution is -2.50. The highest BCUT2D eigenvalue weighted by Crippen LogP contribution is 2.66. The molecule has 0 bridgehead atoms. The molecule has 0 unspecified atom stereocenters. The number of rotatable bonds is 13. The van der Waals surface area contributed by atoms with E-state index >= 15 is 0 Å². The Hall–Kier alpha value is -3.04. The lowest BCUT2D eigenvalue weighted by molar-refractivity contribution is -0.151. The summed E-state index contributed by atoms with van der Waals surface area (Å²) in [6, 6.07) is 13.7. The Morgan fingerprint density at radius 1 is 1.02 bits per heavy atom. The van der Waals surface area contributed by atoms with Crippen molar-refractivity contribution in [3.05, 3.63) is 83.7 Å². The summed E-state index contributed by atoms with van der Waals surface area (Å²) in [4.78, 5) is 43.0. The number of hydrogen-bond acceptors (Lipinski definition) is 7. The Kier molecular flexibility index (Phi) is 11.3. The van der Waals surface area contributed by atoms with Crippen LogP contribution in [-0.2, 0) is 25.7 Å². The first-order chi connectivity index (χ1) is 23.6. The highest BCUT2D eigenvalue weighted by Gasteiger charge is 2.57. The van der Waals surface area contributed by atoms with Gasteiger partial charge in [0.1, 0.15) is 12.6 Å². The van der Waals surface area contributed by atoms with Crippen LogP contribution in [0, 0.1) is 28.6 Å². The Morgan fingerprint density at radius 2 is 1.82 bits per heavy atom. The molecule has 1 amide bonds. The maximum atomic E-state index is 13.0. The molecule has 0 aliphatic heterocycles. The second-order valence-corrected chi connectivity index (χ2v) is 17.9. The first-order valence-electron chi connectivity index (χ1n) is 17.9. The Balaban J connectivity index is 0.950. The van der Waals surface area contributed by atoms with Crippen molar-refractivity contribution in [1.29, 1.82) is 0 Å². The molecule has 7 nitrogen and oxygen atoms in total. The number of aliphatic carboxylic acids is 1. The van der Waals surface area contributed by atoms with Crippen LogP contribution in [0.25, 0.3) is 5.57 Å². The summed E-state index contributed by atoms with van der Waals surface area (Å²) in [5, 5.41) is 9.34. The number of nitrogens with zero attached hydrogens (tertiary/aromatic N) is 2. The zero-order valence-electron chi connectivity index (χ0n) is 29.0. The normalized spacial score (nSPS) is 29.4. The number of pyridine rings is 1. The maximum absolute atomic E-state index is 13.0. The number of benzene rings is 1. The minimum Gasteiger partial charge on any atom is -0.480 e. The molecule has 2 fully saturated rings. The smallest absolute Gasteiger partial charge is 0.323 e. The summed E-state index contributed by atoms with van der Waals surface area (Å²) >= 11 is 0. The molecule has 1 aromatic heterocycles. The van der Waals surface area contributed by atoms with Gasteiger partial charge >= 0.3 is 11.9 Å². The van der Waals surface area contributed by atoms with Crippen molar-refractivity contribution in [1.82, 2.24) is 9.88 Å². The first kappa shape index (κ1) is 35.8. The number of carbonyl (C=O) groups is 3. The van der Waals surface area contributed by atoms with E-state index in [9.17, 15) is 19.5 Å². The van der Waals surface area contributed by atoms with Gasteiger partial charge in [-0.2, -0.15) is 0 Å². The molecule has 4 aliphatic carbocycles. The van der Waals surface area contributed by atoms with E-state index in [4.69, 9.17) is 4.74 Å². The van der Waals surface area contributed by atoms with Crippen LogP contribution in [0.4, 0.5) is 0 Å². The van der Waals surface area contributed by atoms with Crippen LogP contribution in [0.5, 0.6) is 0 Å². The van der Waals surface area contributed by atoms with Crippen LogP contribution in [0.2, 0.25) is 0 Å². The van der Waals surface area contributed by atoms with Gasteiger partial charge in [0.15, 0.2) is 0 Å². The van der Waals surface area contributed by atoms with Gasteiger partial charge in [-0.15, -0.1) is 0 Å². The van der Waals surface area contributed by atoms with Crippen molar-refractivity contribution in [2.75, 3.05) is 12.3 Å². The fraction of sp³-hybridized carbons (Fsp3) is 0.550. The highest BCUT2D eigenvalue weighted by molar-refractivity contribution is 8.76. The van der Waals surface area contributed by atoms with Crippen LogP contribution >= 0.6 is 21.6 Å². The number of aromatic nitrogens is 1. The van der Waals surface area contributed by atoms with Gasteiger partial charge in [0.2, 0.25) is 5.91 Å². The summed E-state index contributed by atoms with van der Waals surface area (Å²) in [6.07, 6.45) is 17.0. The molecule has 0 radical (unpaired) electrons. The first-order valence-corrected chi connectivity index (χ1v) is 20.3.